The third-order valence-electron chi connectivity index (χ3n) is 6.83. The van der Waals surface area contributed by atoms with Gasteiger partial charge in [0.2, 0.25) is 5.91 Å². The molecule has 2 heterocycles. The van der Waals surface area contributed by atoms with E-state index in [1.165, 1.54) is 4.90 Å². The van der Waals surface area contributed by atoms with Crippen molar-refractivity contribution in [3.63, 3.8) is 0 Å². The Hall–Kier alpha value is -4.14. The number of carbonyl (C=O) groups excluding carboxylic acids is 1. The summed E-state index contributed by atoms with van der Waals surface area (Å²) in [5.74, 6) is 1.68. The van der Waals surface area contributed by atoms with Crippen LogP contribution >= 0.6 is 0 Å². The van der Waals surface area contributed by atoms with E-state index in [-0.39, 0.29) is 18.3 Å². The third-order valence-corrected chi connectivity index (χ3v) is 6.83. The molecule has 1 atom stereocenters. The minimum atomic E-state index is -0.396. The normalized spacial score (nSPS) is 15.3. The van der Waals surface area contributed by atoms with E-state index in [2.05, 4.69) is 48.0 Å². The molecule has 9 heteroatoms. The van der Waals surface area contributed by atoms with E-state index >= 15 is 0 Å². The number of aromatic nitrogens is 4. The van der Waals surface area contributed by atoms with Gasteiger partial charge < -0.3 is 20.9 Å². The largest absolute Gasteiger partial charge is 0.385 e. The van der Waals surface area contributed by atoms with Crippen LogP contribution in [0.3, 0.4) is 0 Å². The van der Waals surface area contributed by atoms with Gasteiger partial charge in [-0.3, -0.25) is 9.48 Å². The fourth-order valence-electron chi connectivity index (χ4n) is 4.19. The highest BCUT2D eigenvalue weighted by Gasteiger charge is 2.47. The minimum Gasteiger partial charge on any atom is -0.385 e. The molecule has 1 aromatic carbocycles. The van der Waals surface area contributed by atoms with E-state index in [1.807, 2.05) is 13.0 Å². The van der Waals surface area contributed by atoms with Crippen LogP contribution in [0.4, 0.5) is 0 Å². The van der Waals surface area contributed by atoms with Crippen molar-refractivity contribution in [2.75, 3.05) is 14.1 Å². The molecule has 1 fully saturated rings. The average molecular weight is 488 g/mol. The van der Waals surface area contributed by atoms with Crippen LogP contribution in [0.5, 0.6) is 0 Å². The Bertz CT molecular complexity index is 1320. The number of hydrogen-bond acceptors (Lipinski definition) is 7. The number of nitrogens with two attached hydrogens (primary N) is 2. The predicted molar refractivity (Wildman–Crippen MR) is 139 cm³/mol. The molecule has 1 saturated carbocycles. The molecule has 4 rings (SSSR count). The summed E-state index contributed by atoms with van der Waals surface area (Å²) in [7, 11) is 3.43. The summed E-state index contributed by atoms with van der Waals surface area (Å²) in [4.78, 5) is 18.3. The Balaban J connectivity index is 1.62. The maximum Gasteiger partial charge on any atom is 0.261 e. The van der Waals surface area contributed by atoms with Crippen LogP contribution in [0.15, 0.2) is 71.3 Å². The lowest BCUT2D eigenvalue weighted by atomic mass is 9.76. The van der Waals surface area contributed by atoms with Gasteiger partial charge in [-0.05, 0) is 61.0 Å². The predicted octanol–water partition coefficient (Wildman–Crippen LogP) is 3.46. The molecule has 1 amide bonds. The second-order valence-electron chi connectivity index (χ2n) is 9.63. The van der Waals surface area contributed by atoms with Crippen molar-refractivity contribution in [1.82, 2.24) is 24.8 Å². The van der Waals surface area contributed by atoms with Crippen molar-refractivity contribution in [3.05, 3.63) is 83.7 Å². The number of nitrogens with zero attached hydrogens (tertiary/aromatic N) is 5. The number of likely N-dealkylation sites (N-methyl/N-ethyl adjacent to an activating group) is 1. The summed E-state index contributed by atoms with van der Waals surface area (Å²) in [5, 5.41) is 8.64. The molecule has 9 nitrogen and oxygen atoms in total. The van der Waals surface area contributed by atoms with Crippen LogP contribution < -0.4 is 11.5 Å². The molecule has 36 heavy (non-hydrogen) atoms. The molecule has 1 aliphatic carbocycles. The second-order valence-corrected chi connectivity index (χ2v) is 9.63. The van der Waals surface area contributed by atoms with Gasteiger partial charge in [0.15, 0.2) is 5.82 Å². The molecular formula is C27H33N7O2. The Kier molecular flexibility index (Phi) is 6.83. The molecule has 2 aromatic heterocycles. The van der Waals surface area contributed by atoms with E-state index in [4.69, 9.17) is 21.0 Å². The van der Waals surface area contributed by atoms with E-state index < -0.39 is 5.41 Å². The fraction of sp³-hybridized carbons (Fsp3) is 0.333. The van der Waals surface area contributed by atoms with Crippen molar-refractivity contribution in [2.24, 2.45) is 17.4 Å². The summed E-state index contributed by atoms with van der Waals surface area (Å²) in [6.45, 7) is 8.12. The molecule has 0 unspecified atom stereocenters. The Morgan fingerprint density at radius 2 is 1.97 bits per heavy atom. The molecule has 0 bridgehead atoms. The number of rotatable bonds is 9. The number of carbonyl (C=O) groups is 1. The van der Waals surface area contributed by atoms with Gasteiger partial charge in [0, 0.05) is 20.3 Å². The second kappa shape index (κ2) is 9.85. The van der Waals surface area contributed by atoms with Crippen molar-refractivity contribution in [1.29, 1.82) is 0 Å². The van der Waals surface area contributed by atoms with Gasteiger partial charge in [-0.1, -0.05) is 42.1 Å². The average Bonchev–Trinajstić information content (AvgIpc) is 3.42. The zero-order valence-corrected chi connectivity index (χ0v) is 21.2. The first kappa shape index (κ1) is 25.0. The first-order valence-electron chi connectivity index (χ1n) is 11.9. The quantitative estimate of drug-likeness (QED) is 0.442. The van der Waals surface area contributed by atoms with Gasteiger partial charge in [-0.2, -0.15) is 10.1 Å². The summed E-state index contributed by atoms with van der Waals surface area (Å²) in [6.07, 6.45) is 9.30. The van der Waals surface area contributed by atoms with Crippen LogP contribution in [0.25, 0.3) is 17.0 Å². The lowest BCUT2D eigenvalue weighted by Gasteiger charge is -2.27. The summed E-state index contributed by atoms with van der Waals surface area (Å²) in [6, 6.07) is 8.35. The van der Waals surface area contributed by atoms with Crippen molar-refractivity contribution >= 4 is 11.5 Å². The standard InChI is InChI=1S/C27H33N7O2/c1-6-18(13-17(2)24(28)29)19-7-9-21(10-8-19)27(3,22-11-12-22)26-31-25(36-32-26)20-14-30-34(15-20)16-23(35)33(4)5/h6-10,13-15,22H,1,11-12,16,28-29H2,2-5H3/b18-13+/t27-/m0/s1. The van der Waals surface area contributed by atoms with Gasteiger partial charge in [0.1, 0.15) is 6.54 Å². The highest BCUT2D eigenvalue weighted by atomic mass is 16.5. The fourth-order valence-corrected chi connectivity index (χ4v) is 4.19. The van der Waals surface area contributed by atoms with E-state index in [1.54, 1.807) is 37.2 Å². The number of benzene rings is 1. The molecule has 1 aliphatic rings. The molecule has 0 saturated heterocycles. The van der Waals surface area contributed by atoms with E-state index in [9.17, 15) is 4.79 Å². The van der Waals surface area contributed by atoms with Gasteiger partial charge in [-0.25, -0.2) is 0 Å². The first-order valence-corrected chi connectivity index (χ1v) is 11.9. The van der Waals surface area contributed by atoms with Crippen molar-refractivity contribution < 1.29 is 9.32 Å². The Morgan fingerprint density at radius 1 is 1.28 bits per heavy atom. The number of amides is 1. The van der Waals surface area contributed by atoms with Crippen LogP contribution in [0.2, 0.25) is 0 Å². The third kappa shape index (κ3) is 4.95. The Labute approximate surface area is 211 Å². The molecule has 0 spiro atoms. The summed E-state index contributed by atoms with van der Waals surface area (Å²) < 4.78 is 7.22. The van der Waals surface area contributed by atoms with Crippen LogP contribution in [0, 0.1) is 5.92 Å². The van der Waals surface area contributed by atoms with E-state index in [0.29, 0.717) is 23.2 Å². The van der Waals surface area contributed by atoms with Gasteiger partial charge in [-0.15, -0.1) is 0 Å². The van der Waals surface area contributed by atoms with E-state index in [0.717, 1.165) is 35.1 Å². The molecule has 188 valence electrons. The molecular weight excluding hydrogens is 454 g/mol. The minimum absolute atomic E-state index is 0.0484. The molecule has 3 aromatic rings. The summed E-state index contributed by atoms with van der Waals surface area (Å²) >= 11 is 0. The lowest BCUT2D eigenvalue weighted by Crippen LogP contribution is -2.28. The zero-order valence-electron chi connectivity index (χ0n) is 21.2. The van der Waals surface area contributed by atoms with Gasteiger partial charge in [0.05, 0.1) is 23.0 Å². The summed E-state index contributed by atoms with van der Waals surface area (Å²) in [5.41, 5.74) is 15.6. The van der Waals surface area contributed by atoms with Gasteiger partial charge >= 0.3 is 0 Å². The molecule has 0 aliphatic heterocycles. The van der Waals surface area contributed by atoms with Crippen molar-refractivity contribution in [3.8, 4) is 11.5 Å². The highest BCUT2D eigenvalue weighted by molar-refractivity contribution is 5.76. The topological polar surface area (TPSA) is 129 Å². The van der Waals surface area contributed by atoms with Crippen LogP contribution in [-0.4, -0.2) is 44.8 Å². The monoisotopic (exact) mass is 487 g/mol. The van der Waals surface area contributed by atoms with Gasteiger partial charge in [0.25, 0.3) is 5.89 Å². The van der Waals surface area contributed by atoms with Crippen LogP contribution in [0.1, 0.15) is 43.6 Å². The zero-order chi connectivity index (χ0) is 26.0. The number of allylic oxidation sites excluding steroid dienone is 4. The first-order chi connectivity index (χ1) is 17.1. The highest BCUT2D eigenvalue weighted by Crippen LogP contribution is 2.50. The maximum atomic E-state index is 12.0. The maximum absolute atomic E-state index is 12.0. The Morgan fingerprint density at radius 3 is 2.56 bits per heavy atom. The smallest absolute Gasteiger partial charge is 0.261 e. The van der Waals surface area contributed by atoms with Crippen LogP contribution in [-0.2, 0) is 16.8 Å². The van der Waals surface area contributed by atoms with Crippen molar-refractivity contribution in [2.45, 2.75) is 38.6 Å². The lowest BCUT2D eigenvalue weighted by molar-refractivity contribution is -0.129. The SMILES string of the molecule is C=C/C(=C\C(C)=C(N)N)c1ccc([C@](C)(c2noc(-c3cnn(CC(=O)N(C)C)c3)n2)C2CC2)cc1. The molecule has 0 radical (unpaired) electrons. The molecule has 4 N–H and O–H groups in total. The number of hydrogen-bond donors (Lipinski definition) is 2.